The van der Waals surface area contributed by atoms with Gasteiger partial charge < -0.3 is 14.8 Å². The second kappa shape index (κ2) is 9.60. The third-order valence-corrected chi connectivity index (χ3v) is 4.26. The first kappa shape index (κ1) is 20.2. The molecule has 1 atom stereocenters. The molecule has 4 nitrogen and oxygen atoms in total. The lowest BCUT2D eigenvalue weighted by atomic mass is 10.1. The Morgan fingerprint density at radius 2 is 1.55 bits per heavy atom. The number of carbonyl (C=O) groups excluding carboxylic acids is 1. The molecule has 3 aromatic carbocycles. The summed E-state index contributed by atoms with van der Waals surface area (Å²) in [5.41, 5.74) is 3.74. The van der Waals surface area contributed by atoms with E-state index >= 15 is 0 Å². The number of nitrogens with one attached hydrogen (secondary N) is 1. The zero-order valence-electron chi connectivity index (χ0n) is 16.7. The molecule has 0 heterocycles. The Labute approximate surface area is 171 Å². The lowest BCUT2D eigenvalue weighted by molar-refractivity contribution is -0.122. The predicted octanol–water partition coefficient (Wildman–Crippen LogP) is 5.71. The van der Waals surface area contributed by atoms with Crippen LogP contribution in [-0.4, -0.2) is 18.6 Å². The molecule has 29 heavy (non-hydrogen) atoms. The molecule has 0 aliphatic heterocycles. The molecule has 0 aliphatic rings. The second-order valence-electron chi connectivity index (χ2n) is 6.88. The number of amides is 1. The van der Waals surface area contributed by atoms with E-state index in [0.29, 0.717) is 23.8 Å². The summed E-state index contributed by atoms with van der Waals surface area (Å²) in [6, 6.07) is 25.1. The molecule has 3 rings (SSSR count). The SMILES string of the molecule is C=C(C)COc1ccccc1NC(=O)C(C)Oc1ccc(-c2ccccc2)cc1. The van der Waals surface area contributed by atoms with E-state index in [2.05, 4.69) is 24.0 Å². The van der Waals surface area contributed by atoms with Gasteiger partial charge in [-0.3, -0.25) is 4.79 Å². The number of benzene rings is 3. The van der Waals surface area contributed by atoms with Gasteiger partial charge in [0.15, 0.2) is 6.10 Å². The van der Waals surface area contributed by atoms with Crippen LogP contribution >= 0.6 is 0 Å². The molecule has 0 saturated heterocycles. The van der Waals surface area contributed by atoms with Crippen LogP contribution in [0.4, 0.5) is 5.69 Å². The van der Waals surface area contributed by atoms with Gasteiger partial charge in [-0.2, -0.15) is 0 Å². The monoisotopic (exact) mass is 387 g/mol. The zero-order valence-corrected chi connectivity index (χ0v) is 16.7. The van der Waals surface area contributed by atoms with Crippen LogP contribution in [0.5, 0.6) is 11.5 Å². The molecule has 0 fully saturated rings. The fraction of sp³-hybridized carbons (Fsp3) is 0.160. The molecule has 0 saturated carbocycles. The molecule has 0 radical (unpaired) electrons. The molecular weight excluding hydrogens is 362 g/mol. The summed E-state index contributed by atoms with van der Waals surface area (Å²) in [6.45, 7) is 7.83. The van der Waals surface area contributed by atoms with Crippen molar-refractivity contribution in [3.05, 3.63) is 91.0 Å². The third-order valence-electron chi connectivity index (χ3n) is 4.26. The minimum Gasteiger partial charge on any atom is -0.487 e. The minimum atomic E-state index is -0.660. The molecule has 4 heteroatoms. The maximum Gasteiger partial charge on any atom is 0.265 e. The van der Waals surface area contributed by atoms with Gasteiger partial charge in [0.2, 0.25) is 0 Å². The Morgan fingerprint density at radius 1 is 0.931 bits per heavy atom. The summed E-state index contributed by atoms with van der Waals surface area (Å²) < 4.78 is 11.5. The second-order valence-corrected chi connectivity index (χ2v) is 6.88. The van der Waals surface area contributed by atoms with Gasteiger partial charge in [-0.05, 0) is 54.8 Å². The summed E-state index contributed by atoms with van der Waals surface area (Å²) in [4.78, 5) is 12.6. The first-order chi connectivity index (χ1) is 14.0. The molecule has 0 spiro atoms. The minimum absolute atomic E-state index is 0.247. The summed E-state index contributed by atoms with van der Waals surface area (Å²) in [6.07, 6.45) is -0.660. The topological polar surface area (TPSA) is 47.6 Å². The van der Waals surface area contributed by atoms with E-state index in [9.17, 15) is 4.79 Å². The molecule has 3 aromatic rings. The van der Waals surface area contributed by atoms with Crippen molar-refractivity contribution in [3.63, 3.8) is 0 Å². The van der Waals surface area contributed by atoms with Gasteiger partial charge in [0.1, 0.15) is 18.1 Å². The van der Waals surface area contributed by atoms with Gasteiger partial charge in [-0.25, -0.2) is 0 Å². The maximum atomic E-state index is 12.6. The lowest BCUT2D eigenvalue weighted by Gasteiger charge is -2.17. The van der Waals surface area contributed by atoms with Crippen molar-refractivity contribution in [3.8, 4) is 22.6 Å². The number of para-hydroxylation sites is 2. The van der Waals surface area contributed by atoms with Gasteiger partial charge in [0, 0.05) is 0 Å². The van der Waals surface area contributed by atoms with Gasteiger partial charge in [-0.15, -0.1) is 0 Å². The fourth-order valence-electron chi connectivity index (χ4n) is 2.75. The largest absolute Gasteiger partial charge is 0.487 e. The van der Waals surface area contributed by atoms with Crippen molar-refractivity contribution in [2.45, 2.75) is 20.0 Å². The van der Waals surface area contributed by atoms with E-state index in [4.69, 9.17) is 9.47 Å². The van der Waals surface area contributed by atoms with E-state index in [0.717, 1.165) is 16.7 Å². The van der Waals surface area contributed by atoms with Crippen LogP contribution in [0.25, 0.3) is 11.1 Å². The molecular formula is C25H25NO3. The number of ether oxygens (including phenoxy) is 2. The van der Waals surface area contributed by atoms with Crippen LogP contribution in [0.3, 0.4) is 0 Å². The number of rotatable bonds is 8. The molecule has 148 valence electrons. The highest BCUT2D eigenvalue weighted by Crippen LogP contribution is 2.25. The van der Waals surface area contributed by atoms with Gasteiger partial charge in [0.25, 0.3) is 5.91 Å². The first-order valence-corrected chi connectivity index (χ1v) is 9.52. The van der Waals surface area contributed by atoms with E-state index in [1.807, 2.05) is 67.6 Å². The highest BCUT2D eigenvalue weighted by molar-refractivity contribution is 5.95. The highest BCUT2D eigenvalue weighted by Gasteiger charge is 2.17. The van der Waals surface area contributed by atoms with Crippen LogP contribution in [0, 0.1) is 0 Å². The molecule has 1 amide bonds. The van der Waals surface area contributed by atoms with Gasteiger partial charge >= 0.3 is 0 Å². The Bertz CT molecular complexity index is 965. The molecule has 1 unspecified atom stereocenters. The number of carbonyl (C=O) groups is 1. The van der Waals surface area contributed by atoms with E-state index in [-0.39, 0.29) is 5.91 Å². The van der Waals surface area contributed by atoms with Crippen LogP contribution in [0.15, 0.2) is 91.0 Å². The predicted molar refractivity (Wildman–Crippen MR) is 117 cm³/mol. The van der Waals surface area contributed by atoms with Crippen LogP contribution in [0.2, 0.25) is 0 Å². The molecule has 0 bridgehead atoms. The maximum absolute atomic E-state index is 12.6. The fourth-order valence-corrected chi connectivity index (χ4v) is 2.75. The average molecular weight is 387 g/mol. The average Bonchev–Trinajstić information content (AvgIpc) is 2.74. The Morgan fingerprint density at radius 3 is 2.24 bits per heavy atom. The van der Waals surface area contributed by atoms with Gasteiger partial charge in [0.05, 0.1) is 5.69 Å². The summed E-state index contributed by atoms with van der Waals surface area (Å²) in [5, 5.41) is 2.87. The first-order valence-electron chi connectivity index (χ1n) is 9.52. The van der Waals surface area contributed by atoms with E-state index in [1.54, 1.807) is 13.0 Å². The Hall–Kier alpha value is -3.53. The molecule has 0 aromatic heterocycles. The van der Waals surface area contributed by atoms with Crippen molar-refractivity contribution < 1.29 is 14.3 Å². The summed E-state index contributed by atoms with van der Waals surface area (Å²) in [5.74, 6) is 0.992. The lowest BCUT2D eigenvalue weighted by Crippen LogP contribution is -2.30. The van der Waals surface area contributed by atoms with Gasteiger partial charge in [-0.1, -0.05) is 61.2 Å². The van der Waals surface area contributed by atoms with Crippen LogP contribution < -0.4 is 14.8 Å². The van der Waals surface area contributed by atoms with Crippen molar-refractivity contribution in [1.82, 2.24) is 0 Å². The number of hydrogen-bond acceptors (Lipinski definition) is 3. The van der Waals surface area contributed by atoms with E-state index in [1.165, 1.54) is 0 Å². The van der Waals surface area contributed by atoms with Crippen molar-refractivity contribution >= 4 is 11.6 Å². The van der Waals surface area contributed by atoms with E-state index < -0.39 is 6.10 Å². The highest BCUT2D eigenvalue weighted by atomic mass is 16.5. The quantitative estimate of drug-likeness (QED) is 0.503. The number of hydrogen-bond donors (Lipinski definition) is 1. The normalized spacial score (nSPS) is 11.4. The van der Waals surface area contributed by atoms with Crippen molar-refractivity contribution in [1.29, 1.82) is 0 Å². The third kappa shape index (κ3) is 5.72. The van der Waals surface area contributed by atoms with Crippen LogP contribution in [0.1, 0.15) is 13.8 Å². The smallest absolute Gasteiger partial charge is 0.265 e. The Balaban J connectivity index is 1.62. The summed E-state index contributed by atoms with van der Waals surface area (Å²) in [7, 11) is 0. The molecule has 0 aliphatic carbocycles. The number of anilines is 1. The van der Waals surface area contributed by atoms with Crippen LogP contribution in [-0.2, 0) is 4.79 Å². The standard InChI is InChI=1S/C25H25NO3/c1-18(2)17-28-24-12-8-7-11-23(24)26-25(27)19(3)29-22-15-13-21(14-16-22)20-9-5-4-6-10-20/h4-16,19H,1,17H2,2-3H3,(H,26,27). The summed E-state index contributed by atoms with van der Waals surface area (Å²) >= 11 is 0. The Kier molecular flexibility index (Phi) is 6.69. The molecule has 1 N–H and O–H groups in total. The van der Waals surface area contributed by atoms with Crippen molar-refractivity contribution in [2.75, 3.05) is 11.9 Å². The van der Waals surface area contributed by atoms with Crippen molar-refractivity contribution in [2.24, 2.45) is 0 Å². The zero-order chi connectivity index (χ0) is 20.6.